The molecular weight excluding hydrogens is 347 g/mol. The Bertz CT molecular complexity index is 821. The third-order valence-corrected chi connectivity index (χ3v) is 6.21. The Kier molecular flexibility index (Phi) is 4.96. The van der Waals surface area contributed by atoms with Gasteiger partial charge in [0.2, 0.25) is 0 Å². The molecule has 1 N–H and O–H groups in total. The van der Waals surface area contributed by atoms with Crippen LogP contribution in [0.1, 0.15) is 30.7 Å². The number of halogens is 1. The fourth-order valence-corrected chi connectivity index (χ4v) is 4.62. The lowest BCUT2D eigenvalue weighted by molar-refractivity contribution is 0.183. The van der Waals surface area contributed by atoms with E-state index in [0.29, 0.717) is 5.69 Å². The number of hydrogen-bond donors (Lipinski definition) is 1. The second-order valence-corrected chi connectivity index (χ2v) is 8.00. The lowest BCUT2D eigenvalue weighted by atomic mass is 10.2. The highest BCUT2D eigenvalue weighted by atomic mass is 32.1. The number of hydrogen-bond acceptors (Lipinski definition) is 5. The Hall–Kier alpha value is -1.92. The molecule has 0 spiro atoms. The Labute approximate surface area is 158 Å². The van der Waals surface area contributed by atoms with E-state index < -0.39 is 0 Å². The van der Waals surface area contributed by atoms with Gasteiger partial charge in [0.15, 0.2) is 0 Å². The predicted octanol–water partition coefficient (Wildman–Crippen LogP) is 4.61. The van der Waals surface area contributed by atoms with Gasteiger partial charge in [-0.05, 0) is 37.6 Å². The first-order chi connectivity index (χ1) is 12.7. The highest BCUT2D eigenvalue weighted by molar-refractivity contribution is 7.16. The zero-order valence-electron chi connectivity index (χ0n) is 15.4. The molecule has 3 heterocycles. The standard InChI is InChI=1S/C20H25FN4S/c1-3-7-24-8-10-25(11-9-24)19-16-13-15(4-2)26-20(16)23-17-6-5-14(21)12-18(17)22-19/h5-6,12-13,23H,3-4,7-11H2,1-2H3. The second kappa shape index (κ2) is 7.37. The zero-order valence-corrected chi connectivity index (χ0v) is 16.2. The van der Waals surface area contributed by atoms with Gasteiger partial charge in [-0.2, -0.15) is 0 Å². The van der Waals surface area contributed by atoms with E-state index >= 15 is 0 Å². The lowest BCUT2D eigenvalue weighted by Gasteiger charge is -2.36. The summed E-state index contributed by atoms with van der Waals surface area (Å²) in [6.07, 6.45) is 2.19. The van der Waals surface area contributed by atoms with Crippen LogP contribution >= 0.6 is 11.3 Å². The number of rotatable bonds is 3. The van der Waals surface area contributed by atoms with Crippen molar-refractivity contribution in [3.8, 4) is 0 Å². The molecule has 4 rings (SSSR count). The maximum Gasteiger partial charge on any atom is 0.139 e. The molecule has 0 amide bonds. The van der Waals surface area contributed by atoms with Crippen LogP contribution in [-0.4, -0.2) is 48.4 Å². The molecule has 4 nitrogen and oxygen atoms in total. The number of benzene rings is 1. The van der Waals surface area contributed by atoms with Crippen molar-refractivity contribution >= 4 is 33.5 Å². The topological polar surface area (TPSA) is 30.9 Å². The van der Waals surface area contributed by atoms with Gasteiger partial charge in [-0.3, -0.25) is 4.90 Å². The third-order valence-electron chi connectivity index (χ3n) is 5.02. The average molecular weight is 373 g/mol. The average Bonchev–Trinajstić information content (AvgIpc) is 2.99. The van der Waals surface area contributed by atoms with Crippen molar-refractivity contribution < 1.29 is 4.39 Å². The SMILES string of the molecule is CCCN1CCN(C2=Nc3cc(F)ccc3Nc3sc(CC)cc32)CC1. The van der Waals surface area contributed by atoms with Gasteiger partial charge >= 0.3 is 0 Å². The molecule has 1 aromatic carbocycles. The van der Waals surface area contributed by atoms with E-state index in [1.54, 1.807) is 17.4 Å². The molecule has 0 atom stereocenters. The van der Waals surface area contributed by atoms with Crippen molar-refractivity contribution in [1.82, 2.24) is 9.80 Å². The van der Waals surface area contributed by atoms with Crippen LogP contribution in [0.3, 0.4) is 0 Å². The normalized spacial score (nSPS) is 17.2. The molecule has 0 aliphatic carbocycles. The number of nitrogens with one attached hydrogen (secondary N) is 1. The Morgan fingerprint density at radius 1 is 1.15 bits per heavy atom. The number of aliphatic imine (C=N–C) groups is 1. The molecule has 26 heavy (non-hydrogen) atoms. The minimum absolute atomic E-state index is 0.249. The minimum atomic E-state index is -0.249. The molecule has 0 saturated carbocycles. The van der Waals surface area contributed by atoms with Crippen molar-refractivity contribution in [3.05, 3.63) is 40.5 Å². The molecule has 0 radical (unpaired) electrons. The van der Waals surface area contributed by atoms with Crippen molar-refractivity contribution in [3.63, 3.8) is 0 Å². The van der Waals surface area contributed by atoms with E-state index in [2.05, 4.69) is 35.0 Å². The van der Waals surface area contributed by atoms with Crippen molar-refractivity contribution in [1.29, 1.82) is 0 Å². The Balaban J connectivity index is 1.71. The highest BCUT2D eigenvalue weighted by Gasteiger charge is 2.26. The molecule has 2 aromatic rings. The van der Waals surface area contributed by atoms with Crippen LogP contribution in [0.25, 0.3) is 0 Å². The summed E-state index contributed by atoms with van der Waals surface area (Å²) < 4.78 is 13.8. The Morgan fingerprint density at radius 3 is 2.69 bits per heavy atom. The Morgan fingerprint density at radius 2 is 1.96 bits per heavy atom. The summed E-state index contributed by atoms with van der Waals surface area (Å²) >= 11 is 1.77. The van der Waals surface area contributed by atoms with E-state index in [0.717, 1.165) is 61.2 Å². The summed E-state index contributed by atoms with van der Waals surface area (Å²) in [6.45, 7) is 9.57. The minimum Gasteiger partial charge on any atom is -0.353 e. The third kappa shape index (κ3) is 3.35. The van der Waals surface area contributed by atoms with Crippen molar-refractivity contribution in [2.24, 2.45) is 4.99 Å². The fourth-order valence-electron chi connectivity index (χ4n) is 3.62. The van der Waals surface area contributed by atoms with Gasteiger partial charge in [-0.25, -0.2) is 9.38 Å². The molecular formula is C20H25FN4S. The van der Waals surface area contributed by atoms with E-state index in [9.17, 15) is 4.39 Å². The van der Waals surface area contributed by atoms with Crippen LogP contribution in [0.5, 0.6) is 0 Å². The molecule has 0 bridgehead atoms. The largest absolute Gasteiger partial charge is 0.353 e. The number of amidine groups is 1. The van der Waals surface area contributed by atoms with E-state index in [1.807, 2.05) is 0 Å². The summed E-state index contributed by atoms with van der Waals surface area (Å²) in [4.78, 5) is 11.1. The molecule has 6 heteroatoms. The zero-order chi connectivity index (χ0) is 18.1. The molecule has 2 aliphatic heterocycles. The van der Waals surface area contributed by atoms with E-state index in [1.165, 1.54) is 23.4 Å². The first-order valence-corrected chi connectivity index (χ1v) is 10.2. The molecule has 1 aromatic heterocycles. The van der Waals surface area contributed by atoms with Crippen molar-refractivity contribution in [2.75, 3.05) is 38.0 Å². The second-order valence-electron chi connectivity index (χ2n) is 6.86. The molecule has 1 fully saturated rings. The quantitative estimate of drug-likeness (QED) is 0.853. The van der Waals surface area contributed by atoms with Gasteiger partial charge in [0.1, 0.15) is 16.7 Å². The summed E-state index contributed by atoms with van der Waals surface area (Å²) in [5, 5.41) is 4.60. The first-order valence-electron chi connectivity index (χ1n) is 9.43. The maximum atomic E-state index is 13.8. The van der Waals surface area contributed by atoms with Gasteiger partial charge in [-0.1, -0.05) is 13.8 Å². The predicted molar refractivity (Wildman–Crippen MR) is 108 cm³/mol. The van der Waals surface area contributed by atoms with E-state index in [4.69, 9.17) is 4.99 Å². The van der Waals surface area contributed by atoms with Gasteiger partial charge in [-0.15, -0.1) is 11.3 Å². The van der Waals surface area contributed by atoms with Gasteiger partial charge in [0.25, 0.3) is 0 Å². The number of piperazine rings is 1. The van der Waals surface area contributed by atoms with Gasteiger partial charge < -0.3 is 10.2 Å². The van der Waals surface area contributed by atoms with Gasteiger partial charge in [0.05, 0.1) is 16.9 Å². The number of fused-ring (bicyclic) bond motifs is 2. The van der Waals surface area contributed by atoms with E-state index in [-0.39, 0.29) is 5.82 Å². The monoisotopic (exact) mass is 372 g/mol. The number of nitrogens with zero attached hydrogens (tertiary/aromatic N) is 3. The number of thiophene rings is 1. The van der Waals surface area contributed by atoms with Gasteiger partial charge in [0, 0.05) is 37.1 Å². The molecule has 2 aliphatic rings. The molecule has 0 unspecified atom stereocenters. The fraction of sp³-hybridized carbons (Fsp3) is 0.450. The van der Waals surface area contributed by atoms with Crippen LogP contribution in [0.4, 0.5) is 20.8 Å². The number of anilines is 2. The van der Waals surface area contributed by atoms with Crippen LogP contribution in [-0.2, 0) is 6.42 Å². The highest BCUT2D eigenvalue weighted by Crippen LogP contribution is 2.39. The summed E-state index contributed by atoms with van der Waals surface area (Å²) in [5.41, 5.74) is 2.70. The van der Waals surface area contributed by atoms with Crippen LogP contribution < -0.4 is 5.32 Å². The molecule has 138 valence electrons. The summed E-state index contributed by atoms with van der Waals surface area (Å²) in [7, 11) is 0. The number of aryl methyl sites for hydroxylation is 1. The van der Waals surface area contributed by atoms with Crippen LogP contribution in [0.2, 0.25) is 0 Å². The summed E-state index contributed by atoms with van der Waals surface area (Å²) in [6, 6.07) is 7.04. The summed E-state index contributed by atoms with van der Waals surface area (Å²) in [5.74, 6) is 0.727. The lowest BCUT2D eigenvalue weighted by Crippen LogP contribution is -2.49. The smallest absolute Gasteiger partial charge is 0.139 e. The van der Waals surface area contributed by atoms with Crippen LogP contribution in [0, 0.1) is 5.82 Å². The van der Waals surface area contributed by atoms with Crippen LogP contribution in [0.15, 0.2) is 29.3 Å². The first kappa shape index (κ1) is 17.5. The van der Waals surface area contributed by atoms with Crippen molar-refractivity contribution in [2.45, 2.75) is 26.7 Å². The maximum absolute atomic E-state index is 13.8. The molecule has 1 saturated heterocycles.